The minimum atomic E-state index is -0.836. The SMILES string of the molecule is Cc1ncsc1-c1ccc([C@H](CN2CCOCC2)NC(=O)[C@@H]2C[C@@H](O)CN2C(=O)[C@@H](n2cc(C3CC(CN4CC5(CCC(c6ccc7c(c6)-n6c(nc(=O)c8c(Cl)cccc86)C76CCCCC6)CC5)C4)C3)nn2)C(C)(C)C)cc1. The van der Waals surface area contributed by atoms with E-state index >= 15 is 0 Å². The van der Waals surface area contributed by atoms with E-state index in [9.17, 15) is 19.5 Å². The number of aryl methyl sites for hydroxylation is 1. The van der Waals surface area contributed by atoms with Crippen molar-refractivity contribution >= 4 is 45.7 Å². The quantitative estimate of drug-likeness (QED) is 0.120. The molecule has 2 amide bonds. The molecule has 416 valence electrons. The van der Waals surface area contributed by atoms with Crippen LogP contribution in [0.3, 0.4) is 0 Å². The molecule has 3 saturated carbocycles. The van der Waals surface area contributed by atoms with Crippen LogP contribution in [0, 0.1) is 23.7 Å². The number of carbonyl (C=O) groups is 2. The van der Waals surface area contributed by atoms with Crippen LogP contribution < -0.4 is 10.9 Å². The molecule has 15 nitrogen and oxygen atoms in total. The minimum absolute atomic E-state index is 0.0760. The molecular weight excluding hydrogens is 1030 g/mol. The number of nitrogens with zero attached hydrogens (tertiary/aromatic N) is 9. The summed E-state index contributed by atoms with van der Waals surface area (Å²) in [4.78, 5) is 59.8. The van der Waals surface area contributed by atoms with Gasteiger partial charge >= 0.3 is 0 Å². The molecule has 2 spiro atoms. The molecule has 4 aliphatic heterocycles. The van der Waals surface area contributed by atoms with Crippen molar-refractivity contribution in [3.8, 4) is 16.1 Å². The molecule has 13 rings (SSSR count). The number of benzene rings is 3. The summed E-state index contributed by atoms with van der Waals surface area (Å²) in [6.45, 7) is 15.0. The molecule has 3 aromatic heterocycles. The Balaban J connectivity index is 0.626. The number of aromatic nitrogens is 6. The number of amides is 2. The van der Waals surface area contributed by atoms with Crippen molar-refractivity contribution < 1.29 is 19.4 Å². The molecule has 3 saturated heterocycles. The van der Waals surface area contributed by atoms with Gasteiger partial charge in [-0.25, -0.2) is 9.67 Å². The Morgan fingerprint density at radius 3 is 2.42 bits per heavy atom. The lowest BCUT2D eigenvalue weighted by Gasteiger charge is -2.55. The lowest BCUT2D eigenvalue weighted by molar-refractivity contribution is -0.144. The van der Waals surface area contributed by atoms with Crippen molar-refractivity contribution in [1.82, 2.24) is 49.5 Å². The number of morpholine rings is 1. The van der Waals surface area contributed by atoms with E-state index < -0.39 is 23.6 Å². The molecule has 4 atom stereocenters. The highest BCUT2D eigenvalue weighted by Crippen LogP contribution is 2.54. The first-order valence-electron chi connectivity index (χ1n) is 29.2. The third kappa shape index (κ3) is 9.77. The summed E-state index contributed by atoms with van der Waals surface area (Å²) in [5.74, 6) is 1.79. The maximum absolute atomic E-state index is 14.9. The normalized spacial score (nSPS) is 24.8. The van der Waals surface area contributed by atoms with Crippen LogP contribution in [0.1, 0.15) is 156 Å². The van der Waals surface area contributed by atoms with Gasteiger partial charge in [0.1, 0.15) is 17.9 Å². The second-order valence-corrected chi connectivity index (χ2v) is 27.0. The number of halogens is 1. The Kier molecular flexibility index (Phi) is 14.0. The Labute approximate surface area is 472 Å². The van der Waals surface area contributed by atoms with Gasteiger partial charge in [0.15, 0.2) is 0 Å². The minimum Gasteiger partial charge on any atom is -0.391 e. The number of rotatable bonds is 12. The van der Waals surface area contributed by atoms with Gasteiger partial charge in [-0.3, -0.25) is 23.9 Å². The fourth-order valence-electron chi connectivity index (χ4n) is 15.3. The summed E-state index contributed by atoms with van der Waals surface area (Å²) >= 11 is 8.28. The highest BCUT2D eigenvalue weighted by molar-refractivity contribution is 7.13. The molecule has 7 aliphatic rings. The van der Waals surface area contributed by atoms with Gasteiger partial charge in [-0.15, -0.1) is 16.4 Å². The molecular formula is C62H75ClN10O5S. The van der Waals surface area contributed by atoms with E-state index in [0.29, 0.717) is 47.4 Å². The fourth-order valence-corrected chi connectivity index (χ4v) is 16.4. The number of hydrogen-bond acceptors (Lipinski definition) is 12. The molecule has 0 unspecified atom stereocenters. The molecule has 6 fully saturated rings. The Morgan fingerprint density at radius 1 is 0.937 bits per heavy atom. The average molecular weight is 1110 g/mol. The van der Waals surface area contributed by atoms with Crippen LogP contribution in [0.15, 0.2) is 77.2 Å². The van der Waals surface area contributed by atoms with E-state index in [1.807, 2.05) is 51.5 Å². The van der Waals surface area contributed by atoms with E-state index in [1.54, 1.807) is 27.0 Å². The monoisotopic (exact) mass is 1110 g/mol. The summed E-state index contributed by atoms with van der Waals surface area (Å²) in [5.41, 5.74) is 10.0. The Morgan fingerprint density at radius 2 is 1.70 bits per heavy atom. The van der Waals surface area contributed by atoms with Crippen LogP contribution in [-0.4, -0.2) is 132 Å². The number of thiazole rings is 1. The molecule has 79 heavy (non-hydrogen) atoms. The van der Waals surface area contributed by atoms with Crippen molar-refractivity contribution in [2.75, 3.05) is 59.0 Å². The largest absolute Gasteiger partial charge is 0.391 e. The third-order valence-electron chi connectivity index (χ3n) is 19.5. The second-order valence-electron chi connectivity index (χ2n) is 25.8. The molecule has 6 aromatic rings. The smallest absolute Gasteiger partial charge is 0.282 e. The van der Waals surface area contributed by atoms with Crippen molar-refractivity contribution in [1.29, 1.82) is 0 Å². The maximum Gasteiger partial charge on any atom is 0.282 e. The van der Waals surface area contributed by atoms with Crippen molar-refractivity contribution in [3.05, 3.63) is 122 Å². The number of fused-ring (bicyclic) bond motifs is 7. The number of carbonyl (C=O) groups excluding carboxylic acids is 2. The van der Waals surface area contributed by atoms with Gasteiger partial charge < -0.3 is 25.0 Å². The Hall–Kier alpha value is -5.36. The zero-order valence-corrected chi connectivity index (χ0v) is 47.8. The first kappa shape index (κ1) is 53.0. The van der Waals surface area contributed by atoms with E-state index in [4.69, 9.17) is 21.3 Å². The molecule has 0 radical (unpaired) electrons. The van der Waals surface area contributed by atoms with Crippen molar-refractivity contribution in [2.24, 2.45) is 16.7 Å². The molecule has 7 heterocycles. The second kappa shape index (κ2) is 20.9. The fraction of sp³-hybridized carbons (Fsp3) is 0.565. The summed E-state index contributed by atoms with van der Waals surface area (Å²) in [6, 6.07) is 19.4. The Bertz CT molecular complexity index is 3320. The predicted molar refractivity (Wildman–Crippen MR) is 307 cm³/mol. The molecule has 3 aromatic carbocycles. The predicted octanol–water partition coefficient (Wildman–Crippen LogP) is 9.52. The zero-order valence-electron chi connectivity index (χ0n) is 46.2. The van der Waals surface area contributed by atoms with Crippen LogP contribution in [0.25, 0.3) is 27.0 Å². The van der Waals surface area contributed by atoms with E-state index in [2.05, 4.69) is 77.4 Å². The van der Waals surface area contributed by atoms with Gasteiger partial charge in [0.25, 0.3) is 5.56 Å². The average Bonchev–Trinajstić information content (AvgIpc) is 4.30. The van der Waals surface area contributed by atoms with Crippen molar-refractivity contribution in [3.63, 3.8) is 0 Å². The van der Waals surface area contributed by atoms with Crippen LogP contribution >= 0.6 is 22.9 Å². The van der Waals surface area contributed by atoms with Gasteiger partial charge in [0.05, 0.1) is 74.2 Å². The van der Waals surface area contributed by atoms with Gasteiger partial charge in [-0.2, -0.15) is 4.98 Å². The summed E-state index contributed by atoms with van der Waals surface area (Å²) in [5, 5.41) is 24.7. The number of aliphatic hydroxyl groups excluding tert-OH is 1. The molecule has 3 aliphatic carbocycles. The number of aliphatic hydroxyl groups is 1. The first-order chi connectivity index (χ1) is 38.1. The van der Waals surface area contributed by atoms with Gasteiger partial charge in [-0.05, 0) is 121 Å². The number of hydrogen-bond donors (Lipinski definition) is 2. The number of β-amino-alcohol motifs (C(OH)–C–C–N with tert-alkyl or cyclic N) is 1. The van der Waals surface area contributed by atoms with E-state index in [0.717, 1.165) is 110 Å². The number of nitrogens with one attached hydrogen (secondary N) is 1. The lowest BCUT2D eigenvalue weighted by atomic mass is 9.64. The van der Waals surface area contributed by atoms with Crippen LogP contribution in [0.2, 0.25) is 5.02 Å². The third-order valence-corrected chi connectivity index (χ3v) is 20.8. The topological polar surface area (TPSA) is 164 Å². The number of ether oxygens (including phenoxy) is 1. The standard InChI is InChI=1S/C62H75ClN10O5S/c1-38-54(79-37-64-38)42-13-11-41(12-14-42)48(33-69-23-25-78-26-24-69)65-56(75)52-30-45(74)32-71(52)58(77)55(60(2,3)4)72-34-49(67-68-72)44-27-39(28-44)31-70-35-61(36-70)21-17-40(18-22-61)43-15-16-46-51(29-43)73-50-10-8-9-47(63)53(50)57(76)66-59(73)62(46)19-6-5-7-20-62/h8-16,29,34,37,39-40,44-45,48,52,55,74H,5-7,17-28,30-33,35-36H2,1-4H3,(H,65,75)/t39?,44?,45-,48+,52+,55-/m1/s1. The van der Waals surface area contributed by atoms with Gasteiger partial charge in [-0.1, -0.05) is 99.3 Å². The summed E-state index contributed by atoms with van der Waals surface area (Å²) in [6.07, 6.45) is 13.8. The van der Waals surface area contributed by atoms with Crippen molar-refractivity contribution in [2.45, 2.75) is 146 Å². The first-order valence-corrected chi connectivity index (χ1v) is 30.5. The summed E-state index contributed by atoms with van der Waals surface area (Å²) in [7, 11) is 0. The molecule has 17 heteroatoms. The van der Waals surface area contributed by atoms with Gasteiger partial charge in [0.2, 0.25) is 11.8 Å². The highest BCUT2D eigenvalue weighted by Gasteiger charge is 2.50. The van der Waals surface area contributed by atoms with Crippen LogP contribution in [0.4, 0.5) is 0 Å². The summed E-state index contributed by atoms with van der Waals surface area (Å²) < 4.78 is 9.65. The van der Waals surface area contributed by atoms with Gasteiger partial charge in [0, 0.05) is 64.3 Å². The lowest BCUT2D eigenvalue weighted by Crippen LogP contribution is -2.59. The molecule has 0 bridgehead atoms. The van der Waals surface area contributed by atoms with Crippen LogP contribution in [-0.2, 0) is 19.7 Å². The van der Waals surface area contributed by atoms with E-state index in [-0.39, 0.29) is 47.7 Å². The highest BCUT2D eigenvalue weighted by atomic mass is 35.5. The number of likely N-dealkylation sites (tertiary alicyclic amines) is 2. The zero-order chi connectivity index (χ0) is 54.4. The van der Waals surface area contributed by atoms with Crippen LogP contribution in [0.5, 0.6) is 0 Å². The van der Waals surface area contributed by atoms with E-state index in [1.165, 1.54) is 48.9 Å². The maximum atomic E-state index is 14.9. The molecule has 2 N–H and O–H groups in total.